The molecule has 172 valence electrons. The second-order valence-electron chi connectivity index (χ2n) is 9.75. The lowest BCUT2D eigenvalue weighted by atomic mass is 9.91. The van der Waals surface area contributed by atoms with Crippen molar-refractivity contribution in [1.82, 2.24) is 20.0 Å². The molecule has 0 radical (unpaired) electrons. The van der Waals surface area contributed by atoms with Crippen LogP contribution in [0.3, 0.4) is 0 Å². The number of carbonyl (C=O) groups is 2. The molecule has 0 fully saturated rings. The monoisotopic (exact) mass is 464 g/mol. The number of aromatic nitrogens is 2. The Bertz CT molecular complexity index is 1180. The van der Waals surface area contributed by atoms with Gasteiger partial charge in [0.1, 0.15) is 11.2 Å². The van der Waals surface area contributed by atoms with Gasteiger partial charge in [0.15, 0.2) is 0 Å². The van der Waals surface area contributed by atoms with Gasteiger partial charge in [-0.1, -0.05) is 80.9 Å². The molecule has 4 rings (SSSR count). The third-order valence-corrected chi connectivity index (χ3v) is 6.51. The molecule has 1 N–H and O–H groups in total. The molecule has 0 saturated heterocycles. The first-order chi connectivity index (χ1) is 15.6. The molecule has 0 bridgehead atoms. The second-order valence-corrected chi connectivity index (χ2v) is 10.2. The van der Waals surface area contributed by atoms with Crippen LogP contribution in [0.25, 0.3) is 0 Å². The van der Waals surface area contributed by atoms with Crippen LogP contribution in [0.1, 0.15) is 55.0 Å². The highest BCUT2D eigenvalue weighted by molar-refractivity contribution is 6.31. The van der Waals surface area contributed by atoms with Crippen molar-refractivity contribution in [2.24, 2.45) is 0 Å². The Kier molecular flexibility index (Phi) is 6.06. The van der Waals surface area contributed by atoms with E-state index in [1.807, 2.05) is 54.6 Å². The maximum absolute atomic E-state index is 13.7. The maximum Gasteiger partial charge on any atom is 0.273 e. The summed E-state index contributed by atoms with van der Waals surface area (Å²) in [6, 6.07) is 18.9. The minimum atomic E-state index is -1.14. The Morgan fingerprint density at radius 1 is 1.12 bits per heavy atom. The van der Waals surface area contributed by atoms with Gasteiger partial charge in [-0.25, -0.2) is 0 Å². The lowest BCUT2D eigenvalue weighted by Gasteiger charge is -2.43. The first kappa shape index (κ1) is 23.1. The zero-order valence-electron chi connectivity index (χ0n) is 19.4. The smallest absolute Gasteiger partial charge is 0.273 e. The Morgan fingerprint density at radius 3 is 2.45 bits per heavy atom. The van der Waals surface area contributed by atoms with Crippen LogP contribution in [0.5, 0.6) is 0 Å². The lowest BCUT2D eigenvalue weighted by Crippen LogP contribution is -2.63. The molecule has 1 aliphatic heterocycles. The van der Waals surface area contributed by atoms with Crippen LogP contribution in [-0.2, 0) is 29.8 Å². The third kappa shape index (κ3) is 4.53. The minimum Gasteiger partial charge on any atom is -0.350 e. The van der Waals surface area contributed by atoms with E-state index >= 15 is 0 Å². The first-order valence-corrected chi connectivity index (χ1v) is 11.4. The van der Waals surface area contributed by atoms with E-state index in [1.165, 1.54) is 0 Å². The highest BCUT2D eigenvalue weighted by Gasteiger charge is 2.48. The van der Waals surface area contributed by atoms with E-state index < -0.39 is 5.54 Å². The summed E-state index contributed by atoms with van der Waals surface area (Å²) in [5.74, 6) is -0.466. The zero-order chi connectivity index (χ0) is 23.8. The van der Waals surface area contributed by atoms with Gasteiger partial charge in [-0.15, -0.1) is 0 Å². The Balaban J connectivity index is 1.71. The molecule has 1 atom stereocenters. The molecular formula is C26H29ClN4O2. The number of rotatable bonds is 5. The lowest BCUT2D eigenvalue weighted by molar-refractivity contribution is -0.133. The number of nitrogens with one attached hydrogen (secondary N) is 1. The number of hydrogen-bond acceptors (Lipinski definition) is 3. The van der Waals surface area contributed by atoms with Crippen LogP contribution in [-0.4, -0.2) is 32.0 Å². The summed E-state index contributed by atoms with van der Waals surface area (Å²) < 4.78 is 1.67. The van der Waals surface area contributed by atoms with Crippen LogP contribution in [0.15, 0.2) is 60.7 Å². The number of hydrogen-bond donors (Lipinski definition) is 1. The molecule has 7 heteroatoms. The Hall–Kier alpha value is -3.12. The van der Waals surface area contributed by atoms with Crippen molar-refractivity contribution in [2.45, 2.75) is 58.3 Å². The zero-order valence-corrected chi connectivity index (χ0v) is 20.2. The molecule has 6 nitrogen and oxygen atoms in total. The molecular weight excluding hydrogens is 436 g/mol. The van der Waals surface area contributed by atoms with Crippen LogP contribution in [0.2, 0.25) is 5.02 Å². The summed E-state index contributed by atoms with van der Waals surface area (Å²) in [5.41, 5.74) is 1.73. The quantitative estimate of drug-likeness (QED) is 0.601. The summed E-state index contributed by atoms with van der Waals surface area (Å²) in [7, 11) is 0. The number of benzene rings is 2. The standard InChI is InChI=1S/C26H29ClN4O2/c1-25(2,3)22-14-21-23(32)30(16-19-12-8-9-13-20(19)27)26(4,17-31(21)29-22)24(33)28-15-18-10-6-5-7-11-18/h5-14H,15-17H2,1-4H3,(H,28,33)/t26-/m0/s1. The molecule has 2 heterocycles. The van der Waals surface area contributed by atoms with Crippen molar-refractivity contribution in [3.63, 3.8) is 0 Å². The van der Waals surface area contributed by atoms with Gasteiger partial charge in [-0.2, -0.15) is 5.10 Å². The number of carbonyl (C=O) groups excluding carboxylic acids is 2. The molecule has 3 aromatic rings. The summed E-state index contributed by atoms with van der Waals surface area (Å²) >= 11 is 6.41. The topological polar surface area (TPSA) is 67.2 Å². The minimum absolute atomic E-state index is 0.218. The predicted molar refractivity (Wildman–Crippen MR) is 129 cm³/mol. The molecule has 2 amide bonds. The molecule has 2 aromatic carbocycles. The fourth-order valence-electron chi connectivity index (χ4n) is 4.02. The van der Waals surface area contributed by atoms with E-state index in [0.29, 0.717) is 17.3 Å². The van der Waals surface area contributed by atoms with Gasteiger partial charge in [0.25, 0.3) is 5.91 Å². The summed E-state index contributed by atoms with van der Waals surface area (Å²) in [4.78, 5) is 28.9. The largest absolute Gasteiger partial charge is 0.350 e. The number of amides is 2. The van der Waals surface area contributed by atoms with Crippen LogP contribution >= 0.6 is 11.6 Å². The predicted octanol–water partition coefficient (Wildman–Crippen LogP) is 4.57. The van der Waals surface area contributed by atoms with E-state index in [0.717, 1.165) is 16.8 Å². The van der Waals surface area contributed by atoms with Gasteiger partial charge in [0.05, 0.1) is 12.2 Å². The van der Waals surface area contributed by atoms with E-state index in [-0.39, 0.29) is 30.3 Å². The van der Waals surface area contributed by atoms with Crippen molar-refractivity contribution < 1.29 is 9.59 Å². The van der Waals surface area contributed by atoms with Gasteiger partial charge in [0.2, 0.25) is 5.91 Å². The van der Waals surface area contributed by atoms with E-state index in [4.69, 9.17) is 16.7 Å². The second kappa shape index (κ2) is 8.67. The summed E-state index contributed by atoms with van der Waals surface area (Å²) in [6.45, 7) is 8.82. The molecule has 0 aliphatic carbocycles. The van der Waals surface area contributed by atoms with Crippen LogP contribution in [0.4, 0.5) is 0 Å². The average Bonchev–Trinajstić information content (AvgIpc) is 3.21. The summed E-state index contributed by atoms with van der Waals surface area (Å²) in [5, 5.41) is 8.27. The number of fused-ring (bicyclic) bond motifs is 1. The van der Waals surface area contributed by atoms with E-state index in [9.17, 15) is 9.59 Å². The maximum atomic E-state index is 13.7. The van der Waals surface area contributed by atoms with Crippen LogP contribution in [0, 0.1) is 0 Å². The molecule has 0 unspecified atom stereocenters. The molecule has 0 saturated carbocycles. The highest BCUT2D eigenvalue weighted by atomic mass is 35.5. The SMILES string of the molecule is CC(C)(C)c1cc2n(n1)C[C@@](C)(C(=O)NCc1ccccc1)N(Cc1ccccc1Cl)C2=O. The first-order valence-electron chi connectivity index (χ1n) is 11.1. The number of nitrogens with zero attached hydrogens (tertiary/aromatic N) is 3. The average molecular weight is 465 g/mol. The van der Waals surface area contributed by atoms with E-state index in [2.05, 4.69) is 26.1 Å². The molecule has 1 aromatic heterocycles. The number of halogens is 1. The van der Waals surface area contributed by atoms with Gasteiger partial charge in [-0.05, 0) is 30.2 Å². The third-order valence-electron chi connectivity index (χ3n) is 6.14. The summed E-state index contributed by atoms with van der Waals surface area (Å²) in [6.07, 6.45) is 0. The van der Waals surface area contributed by atoms with E-state index in [1.54, 1.807) is 22.6 Å². The Morgan fingerprint density at radius 2 is 1.79 bits per heavy atom. The van der Waals surface area contributed by atoms with Crippen molar-refractivity contribution >= 4 is 23.4 Å². The normalized spacial score (nSPS) is 18.2. The highest BCUT2D eigenvalue weighted by Crippen LogP contribution is 2.32. The fraction of sp³-hybridized carbons (Fsp3) is 0.346. The van der Waals surface area contributed by atoms with Gasteiger partial charge in [0, 0.05) is 23.5 Å². The van der Waals surface area contributed by atoms with Gasteiger partial charge in [-0.3, -0.25) is 14.3 Å². The molecule has 0 spiro atoms. The molecule has 33 heavy (non-hydrogen) atoms. The fourth-order valence-corrected chi connectivity index (χ4v) is 4.22. The van der Waals surface area contributed by atoms with Crippen molar-refractivity contribution in [3.8, 4) is 0 Å². The van der Waals surface area contributed by atoms with Crippen molar-refractivity contribution in [1.29, 1.82) is 0 Å². The van der Waals surface area contributed by atoms with Gasteiger partial charge < -0.3 is 10.2 Å². The van der Waals surface area contributed by atoms with Crippen molar-refractivity contribution in [3.05, 3.63) is 88.2 Å². The van der Waals surface area contributed by atoms with Gasteiger partial charge >= 0.3 is 0 Å². The van der Waals surface area contributed by atoms with Crippen LogP contribution < -0.4 is 5.32 Å². The van der Waals surface area contributed by atoms with Crippen molar-refractivity contribution in [2.75, 3.05) is 0 Å². The molecule has 1 aliphatic rings. The Labute approximate surface area is 199 Å².